The fourth-order valence-electron chi connectivity index (χ4n) is 0.974. The van der Waals surface area contributed by atoms with Crippen LogP contribution < -0.4 is 0 Å². The van der Waals surface area contributed by atoms with Gasteiger partial charge < -0.3 is 9.63 Å². The minimum Gasteiger partial charge on any atom is -0.478 e. The Morgan fingerprint density at radius 3 is 2.54 bits per heavy atom. The number of carbonyl (C=O) groups is 1. The summed E-state index contributed by atoms with van der Waals surface area (Å²) in [6, 6.07) is 0. The third kappa shape index (κ3) is 1.96. The SMILES string of the molecule is CC(=Cc1c(C)noc1C)C(=O)O. The number of aliphatic carboxylic acids is 1. The maximum Gasteiger partial charge on any atom is 0.331 e. The van der Waals surface area contributed by atoms with Crippen molar-refractivity contribution >= 4 is 12.0 Å². The van der Waals surface area contributed by atoms with Crippen molar-refractivity contribution in [3.8, 4) is 0 Å². The van der Waals surface area contributed by atoms with E-state index in [-0.39, 0.29) is 5.57 Å². The predicted molar refractivity (Wildman–Crippen MR) is 47.3 cm³/mol. The van der Waals surface area contributed by atoms with E-state index in [1.807, 2.05) is 0 Å². The van der Waals surface area contributed by atoms with E-state index < -0.39 is 5.97 Å². The van der Waals surface area contributed by atoms with E-state index in [1.54, 1.807) is 19.9 Å². The Morgan fingerprint density at radius 2 is 2.15 bits per heavy atom. The Labute approximate surface area is 75.9 Å². The topological polar surface area (TPSA) is 63.3 Å². The molecule has 13 heavy (non-hydrogen) atoms. The lowest BCUT2D eigenvalue weighted by Gasteiger charge is -1.92. The van der Waals surface area contributed by atoms with Gasteiger partial charge in [-0.3, -0.25) is 0 Å². The van der Waals surface area contributed by atoms with Gasteiger partial charge in [0.25, 0.3) is 0 Å². The molecule has 0 amide bonds. The number of aromatic nitrogens is 1. The minimum absolute atomic E-state index is 0.273. The first-order valence-corrected chi connectivity index (χ1v) is 3.87. The standard InChI is InChI=1S/C9H11NO3/c1-5(9(11)12)4-8-6(2)10-13-7(8)3/h4H,1-3H3,(H,11,12). The minimum atomic E-state index is -0.931. The van der Waals surface area contributed by atoms with Gasteiger partial charge in [-0.2, -0.15) is 0 Å². The van der Waals surface area contributed by atoms with Crippen molar-refractivity contribution in [1.82, 2.24) is 5.16 Å². The zero-order valence-electron chi connectivity index (χ0n) is 7.79. The molecule has 0 saturated heterocycles. The van der Waals surface area contributed by atoms with Gasteiger partial charge in [0.15, 0.2) is 0 Å². The van der Waals surface area contributed by atoms with Crippen LogP contribution >= 0.6 is 0 Å². The van der Waals surface area contributed by atoms with Gasteiger partial charge in [0, 0.05) is 11.1 Å². The second kappa shape index (κ2) is 3.43. The molecule has 4 nitrogen and oxygen atoms in total. The van der Waals surface area contributed by atoms with Crippen LogP contribution in [0.15, 0.2) is 10.1 Å². The first-order valence-electron chi connectivity index (χ1n) is 3.87. The maximum atomic E-state index is 10.5. The molecule has 0 fully saturated rings. The third-order valence-electron chi connectivity index (χ3n) is 1.79. The van der Waals surface area contributed by atoms with Crippen LogP contribution in [0, 0.1) is 13.8 Å². The molecular weight excluding hydrogens is 170 g/mol. The number of hydrogen-bond acceptors (Lipinski definition) is 3. The van der Waals surface area contributed by atoms with Gasteiger partial charge in [-0.25, -0.2) is 4.79 Å². The summed E-state index contributed by atoms with van der Waals surface area (Å²) in [6.45, 7) is 5.06. The van der Waals surface area contributed by atoms with Gasteiger partial charge in [-0.15, -0.1) is 0 Å². The van der Waals surface area contributed by atoms with Crippen LogP contribution in [0.25, 0.3) is 6.08 Å². The summed E-state index contributed by atoms with van der Waals surface area (Å²) in [5.41, 5.74) is 1.73. The van der Waals surface area contributed by atoms with E-state index in [0.717, 1.165) is 5.56 Å². The molecule has 0 aliphatic heterocycles. The highest BCUT2D eigenvalue weighted by atomic mass is 16.5. The van der Waals surface area contributed by atoms with Gasteiger partial charge in [0.1, 0.15) is 5.76 Å². The first kappa shape index (κ1) is 9.51. The molecule has 1 heterocycles. The van der Waals surface area contributed by atoms with Gasteiger partial charge in [0.2, 0.25) is 0 Å². The van der Waals surface area contributed by atoms with Crippen molar-refractivity contribution in [2.75, 3.05) is 0 Å². The molecule has 1 N–H and O–H groups in total. The second-order valence-corrected chi connectivity index (χ2v) is 2.87. The van der Waals surface area contributed by atoms with Crippen LogP contribution in [-0.4, -0.2) is 16.2 Å². The molecule has 0 aliphatic rings. The Bertz CT molecular complexity index is 343. The highest BCUT2D eigenvalue weighted by Gasteiger charge is 2.08. The molecule has 1 rings (SSSR count). The predicted octanol–water partition coefficient (Wildman–Crippen LogP) is 1.78. The molecule has 0 atom stereocenters. The van der Waals surface area contributed by atoms with Gasteiger partial charge in [-0.05, 0) is 26.8 Å². The number of carboxylic acid groups (broad SMARTS) is 1. The van der Waals surface area contributed by atoms with Crippen molar-refractivity contribution < 1.29 is 14.4 Å². The van der Waals surface area contributed by atoms with Crippen molar-refractivity contribution in [3.63, 3.8) is 0 Å². The molecule has 0 unspecified atom stereocenters. The molecule has 0 aromatic carbocycles. The monoisotopic (exact) mass is 181 g/mol. The van der Waals surface area contributed by atoms with Crippen LogP contribution in [0.2, 0.25) is 0 Å². The summed E-state index contributed by atoms with van der Waals surface area (Å²) in [7, 11) is 0. The van der Waals surface area contributed by atoms with E-state index in [4.69, 9.17) is 9.63 Å². The molecular formula is C9H11NO3. The van der Waals surface area contributed by atoms with Crippen LogP contribution in [0.1, 0.15) is 23.9 Å². The summed E-state index contributed by atoms with van der Waals surface area (Å²) in [4.78, 5) is 10.5. The Kier molecular flexibility index (Phi) is 2.51. The zero-order chi connectivity index (χ0) is 10.0. The number of aryl methyl sites for hydroxylation is 2. The average molecular weight is 181 g/mol. The number of rotatable bonds is 2. The highest BCUT2D eigenvalue weighted by molar-refractivity contribution is 5.91. The number of hydrogen-bond donors (Lipinski definition) is 1. The Hall–Kier alpha value is -1.58. The van der Waals surface area contributed by atoms with E-state index in [1.165, 1.54) is 6.92 Å². The maximum absolute atomic E-state index is 10.5. The fourth-order valence-corrected chi connectivity index (χ4v) is 0.974. The first-order chi connectivity index (χ1) is 6.02. The van der Waals surface area contributed by atoms with Crippen LogP contribution in [0.4, 0.5) is 0 Å². The second-order valence-electron chi connectivity index (χ2n) is 2.87. The van der Waals surface area contributed by atoms with E-state index in [0.29, 0.717) is 11.5 Å². The highest BCUT2D eigenvalue weighted by Crippen LogP contribution is 2.15. The van der Waals surface area contributed by atoms with Gasteiger partial charge >= 0.3 is 5.97 Å². The number of nitrogens with zero attached hydrogens (tertiary/aromatic N) is 1. The van der Waals surface area contributed by atoms with Crippen LogP contribution in [-0.2, 0) is 4.79 Å². The molecule has 0 saturated carbocycles. The van der Waals surface area contributed by atoms with Crippen molar-refractivity contribution in [2.24, 2.45) is 0 Å². The fraction of sp³-hybridized carbons (Fsp3) is 0.333. The lowest BCUT2D eigenvalue weighted by atomic mass is 10.1. The summed E-state index contributed by atoms with van der Waals surface area (Å²) in [6.07, 6.45) is 1.56. The summed E-state index contributed by atoms with van der Waals surface area (Å²) in [5.74, 6) is -0.293. The van der Waals surface area contributed by atoms with Crippen molar-refractivity contribution in [3.05, 3.63) is 22.6 Å². The molecule has 0 bridgehead atoms. The molecule has 4 heteroatoms. The van der Waals surface area contributed by atoms with Crippen molar-refractivity contribution in [1.29, 1.82) is 0 Å². The average Bonchev–Trinajstić information content (AvgIpc) is 2.35. The quantitative estimate of drug-likeness (QED) is 0.706. The smallest absolute Gasteiger partial charge is 0.331 e. The molecule has 0 spiro atoms. The molecule has 0 radical (unpaired) electrons. The van der Waals surface area contributed by atoms with Crippen molar-refractivity contribution in [2.45, 2.75) is 20.8 Å². The van der Waals surface area contributed by atoms with Gasteiger partial charge in [0.05, 0.1) is 5.69 Å². The lowest BCUT2D eigenvalue weighted by molar-refractivity contribution is -0.132. The molecule has 1 aromatic rings. The third-order valence-corrected chi connectivity index (χ3v) is 1.79. The summed E-state index contributed by atoms with van der Waals surface area (Å²) in [5, 5.41) is 12.4. The van der Waals surface area contributed by atoms with Crippen LogP contribution in [0.3, 0.4) is 0 Å². The molecule has 70 valence electrons. The summed E-state index contributed by atoms with van der Waals surface area (Å²) >= 11 is 0. The van der Waals surface area contributed by atoms with E-state index >= 15 is 0 Å². The number of carboxylic acids is 1. The summed E-state index contributed by atoms with van der Waals surface area (Å²) < 4.78 is 4.89. The molecule has 1 aromatic heterocycles. The van der Waals surface area contributed by atoms with E-state index in [2.05, 4.69) is 5.16 Å². The largest absolute Gasteiger partial charge is 0.478 e. The van der Waals surface area contributed by atoms with Gasteiger partial charge in [-0.1, -0.05) is 5.16 Å². The Balaban J connectivity index is 3.10. The lowest BCUT2D eigenvalue weighted by Crippen LogP contribution is -1.95. The molecule has 0 aliphatic carbocycles. The normalized spacial score (nSPS) is 11.8. The van der Waals surface area contributed by atoms with E-state index in [9.17, 15) is 4.79 Å². The Morgan fingerprint density at radius 1 is 1.54 bits per heavy atom. The zero-order valence-corrected chi connectivity index (χ0v) is 7.79. The van der Waals surface area contributed by atoms with Crippen LogP contribution in [0.5, 0.6) is 0 Å².